The molecule has 2 amide bonds. The first-order valence-electron chi connectivity index (χ1n) is 11.7. The lowest BCUT2D eigenvalue weighted by Crippen LogP contribution is -2.34. The molecule has 184 valence electrons. The highest BCUT2D eigenvalue weighted by molar-refractivity contribution is 5.96. The normalized spacial score (nSPS) is 11.7. The van der Waals surface area contributed by atoms with Crippen molar-refractivity contribution in [2.75, 3.05) is 17.7 Å². The molecule has 4 rings (SSSR count). The van der Waals surface area contributed by atoms with Crippen molar-refractivity contribution in [1.82, 2.24) is 9.55 Å². The Morgan fingerprint density at radius 3 is 2.53 bits per heavy atom. The summed E-state index contributed by atoms with van der Waals surface area (Å²) in [5.74, 6) is 0.0198. The molecule has 0 aliphatic carbocycles. The van der Waals surface area contributed by atoms with E-state index in [9.17, 15) is 14.4 Å². The number of para-hydroxylation sites is 2. The molecule has 3 aromatic carbocycles. The zero-order valence-electron chi connectivity index (χ0n) is 20.7. The number of benzene rings is 3. The summed E-state index contributed by atoms with van der Waals surface area (Å²) in [4.78, 5) is 43.9. The number of carbonyl (C=O) groups excluding carboxylic acids is 2. The van der Waals surface area contributed by atoms with E-state index in [1.165, 1.54) is 11.5 Å². The number of rotatable bonds is 7. The number of anilines is 2. The van der Waals surface area contributed by atoms with Crippen LogP contribution in [0.15, 0.2) is 71.5 Å². The number of ether oxygens (including phenoxy) is 1. The van der Waals surface area contributed by atoms with Gasteiger partial charge in [0.15, 0.2) is 0 Å². The molecule has 0 fully saturated rings. The van der Waals surface area contributed by atoms with Gasteiger partial charge in [0, 0.05) is 24.2 Å². The molecule has 8 nitrogen and oxygen atoms in total. The van der Waals surface area contributed by atoms with Gasteiger partial charge < -0.3 is 15.4 Å². The second kappa shape index (κ2) is 10.4. The molecule has 36 heavy (non-hydrogen) atoms. The number of nitrogens with one attached hydrogen (secondary N) is 2. The predicted molar refractivity (Wildman–Crippen MR) is 141 cm³/mol. The number of hydrogen-bond acceptors (Lipinski definition) is 5. The maximum Gasteiger partial charge on any atom is 0.278 e. The van der Waals surface area contributed by atoms with Crippen LogP contribution in [-0.2, 0) is 9.59 Å². The number of methoxy groups -OCH3 is 1. The smallest absolute Gasteiger partial charge is 0.278 e. The largest absolute Gasteiger partial charge is 0.497 e. The molecular weight excluding hydrogens is 456 g/mol. The molecule has 0 aliphatic heterocycles. The number of aromatic nitrogens is 2. The molecule has 0 radical (unpaired) electrons. The van der Waals surface area contributed by atoms with Crippen molar-refractivity contribution in [3.05, 3.63) is 82.6 Å². The molecular formula is C28H28N4O4. The van der Waals surface area contributed by atoms with Gasteiger partial charge in [0.05, 0.1) is 23.8 Å². The van der Waals surface area contributed by atoms with Crippen LogP contribution in [0.5, 0.6) is 5.75 Å². The lowest BCUT2D eigenvalue weighted by molar-refractivity contribution is -0.119. The lowest BCUT2D eigenvalue weighted by Gasteiger charge is -2.21. The van der Waals surface area contributed by atoms with Gasteiger partial charge in [-0.05, 0) is 49.7 Å². The van der Waals surface area contributed by atoms with E-state index in [-0.39, 0.29) is 17.5 Å². The van der Waals surface area contributed by atoms with Crippen molar-refractivity contribution in [2.45, 2.75) is 33.2 Å². The quantitative estimate of drug-likeness (QED) is 0.387. The lowest BCUT2D eigenvalue weighted by atomic mass is 10.0. The SMILES string of the molecule is CC[C@H](C(=O)Nc1cccc(OC)c1)n1c(=O)c(-c2cc(C)ccc2NC(C)=O)nc2ccccc21. The third-order valence-electron chi connectivity index (χ3n) is 5.87. The molecule has 0 unspecified atom stereocenters. The summed E-state index contributed by atoms with van der Waals surface area (Å²) in [6.45, 7) is 5.16. The summed E-state index contributed by atoms with van der Waals surface area (Å²) in [5, 5.41) is 5.69. The molecule has 4 aromatic rings. The zero-order chi connectivity index (χ0) is 25.8. The average Bonchev–Trinajstić information content (AvgIpc) is 2.86. The highest BCUT2D eigenvalue weighted by atomic mass is 16.5. The highest BCUT2D eigenvalue weighted by Gasteiger charge is 2.25. The topological polar surface area (TPSA) is 102 Å². The minimum atomic E-state index is -0.802. The Hall–Kier alpha value is -4.46. The van der Waals surface area contributed by atoms with Crippen molar-refractivity contribution in [3.8, 4) is 17.0 Å². The molecule has 0 bridgehead atoms. The van der Waals surface area contributed by atoms with Crippen LogP contribution in [0.2, 0.25) is 0 Å². The minimum Gasteiger partial charge on any atom is -0.497 e. The van der Waals surface area contributed by atoms with E-state index in [1.807, 2.05) is 38.1 Å². The Labute approximate surface area is 208 Å². The second-order valence-corrected chi connectivity index (χ2v) is 8.50. The first-order valence-corrected chi connectivity index (χ1v) is 11.7. The van der Waals surface area contributed by atoms with Crippen LogP contribution in [0, 0.1) is 6.92 Å². The maximum atomic E-state index is 14.0. The third kappa shape index (κ3) is 4.98. The Balaban J connectivity index is 1.89. The molecule has 1 heterocycles. The Morgan fingerprint density at radius 2 is 1.81 bits per heavy atom. The number of hydrogen-bond donors (Lipinski definition) is 2. The fraction of sp³-hybridized carbons (Fsp3) is 0.214. The number of fused-ring (bicyclic) bond motifs is 1. The Morgan fingerprint density at radius 1 is 1.03 bits per heavy atom. The van der Waals surface area contributed by atoms with Gasteiger partial charge in [-0.25, -0.2) is 4.98 Å². The van der Waals surface area contributed by atoms with Crippen molar-refractivity contribution in [3.63, 3.8) is 0 Å². The van der Waals surface area contributed by atoms with Crippen LogP contribution < -0.4 is 20.9 Å². The predicted octanol–water partition coefficient (Wildman–Crippen LogP) is 4.93. The average molecular weight is 485 g/mol. The first kappa shape index (κ1) is 24.7. The van der Waals surface area contributed by atoms with Gasteiger partial charge in [0.2, 0.25) is 11.8 Å². The van der Waals surface area contributed by atoms with E-state index in [1.54, 1.807) is 49.6 Å². The molecule has 0 aliphatic rings. The number of aryl methyl sites for hydroxylation is 1. The van der Waals surface area contributed by atoms with Gasteiger partial charge in [0.25, 0.3) is 5.56 Å². The van der Waals surface area contributed by atoms with E-state index in [0.717, 1.165) is 5.56 Å². The second-order valence-electron chi connectivity index (χ2n) is 8.50. The zero-order valence-corrected chi connectivity index (χ0v) is 20.7. The number of nitrogens with zero attached hydrogens (tertiary/aromatic N) is 2. The van der Waals surface area contributed by atoms with Crippen molar-refractivity contribution >= 4 is 34.2 Å². The summed E-state index contributed by atoms with van der Waals surface area (Å²) in [5.41, 5.74) is 3.31. The molecule has 2 N–H and O–H groups in total. The Bertz CT molecular complexity index is 1510. The minimum absolute atomic E-state index is 0.161. The fourth-order valence-electron chi connectivity index (χ4n) is 4.20. The summed E-state index contributed by atoms with van der Waals surface area (Å²) in [7, 11) is 1.56. The van der Waals surface area contributed by atoms with Crippen molar-refractivity contribution in [1.29, 1.82) is 0 Å². The van der Waals surface area contributed by atoms with Gasteiger partial charge in [-0.15, -0.1) is 0 Å². The maximum absolute atomic E-state index is 14.0. The van der Waals surface area contributed by atoms with Crippen LogP contribution in [0.25, 0.3) is 22.3 Å². The van der Waals surface area contributed by atoms with Crippen molar-refractivity contribution < 1.29 is 14.3 Å². The number of amides is 2. The summed E-state index contributed by atoms with van der Waals surface area (Å²) >= 11 is 0. The van der Waals surface area contributed by atoms with Crippen LogP contribution in [0.1, 0.15) is 31.9 Å². The first-order chi connectivity index (χ1) is 17.3. The monoisotopic (exact) mass is 484 g/mol. The van der Waals surface area contributed by atoms with Gasteiger partial charge in [-0.1, -0.05) is 36.8 Å². The summed E-state index contributed by atoms with van der Waals surface area (Å²) in [6, 6.07) is 18.9. The van der Waals surface area contributed by atoms with E-state index in [4.69, 9.17) is 4.74 Å². The van der Waals surface area contributed by atoms with Crippen LogP contribution in [0.3, 0.4) is 0 Å². The summed E-state index contributed by atoms with van der Waals surface area (Å²) in [6.07, 6.45) is 0.371. The van der Waals surface area contributed by atoms with E-state index < -0.39 is 11.6 Å². The van der Waals surface area contributed by atoms with Crippen molar-refractivity contribution in [2.24, 2.45) is 0 Å². The van der Waals surface area contributed by atoms with Gasteiger partial charge in [0.1, 0.15) is 17.5 Å². The summed E-state index contributed by atoms with van der Waals surface area (Å²) < 4.78 is 6.75. The third-order valence-corrected chi connectivity index (χ3v) is 5.87. The van der Waals surface area contributed by atoms with E-state index in [2.05, 4.69) is 15.6 Å². The number of carbonyl (C=O) groups is 2. The molecule has 8 heteroatoms. The van der Waals surface area contributed by atoms with Gasteiger partial charge in [-0.3, -0.25) is 19.0 Å². The van der Waals surface area contributed by atoms with Crippen LogP contribution in [-0.4, -0.2) is 28.5 Å². The van der Waals surface area contributed by atoms with Crippen LogP contribution >= 0.6 is 0 Å². The molecule has 1 atom stereocenters. The van der Waals surface area contributed by atoms with E-state index in [0.29, 0.717) is 40.1 Å². The standard InChI is InChI=1S/C28H28N4O4/c1-5-24(27(34)30-19-9-8-10-20(16-19)36-4)32-25-12-7-6-11-23(25)31-26(28(32)35)21-15-17(2)13-14-22(21)29-18(3)33/h6-16,24H,5H2,1-4H3,(H,29,33)(H,30,34)/t24-/m1/s1. The molecule has 0 spiro atoms. The van der Waals surface area contributed by atoms with E-state index >= 15 is 0 Å². The molecule has 0 saturated heterocycles. The Kier molecular flexibility index (Phi) is 7.15. The molecule has 1 aromatic heterocycles. The molecule has 0 saturated carbocycles. The fourth-order valence-corrected chi connectivity index (χ4v) is 4.20. The van der Waals surface area contributed by atoms with Crippen LogP contribution in [0.4, 0.5) is 11.4 Å². The van der Waals surface area contributed by atoms with Gasteiger partial charge in [-0.2, -0.15) is 0 Å². The highest BCUT2D eigenvalue weighted by Crippen LogP contribution is 2.29. The van der Waals surface area contributed by atoms with Gasteiger partial charge >= 0.3 is 0 Å².